The zero-order valence-electron chi connectivity index (χ0n) is 16.4. The van der Waals surface area contributed by atoms with Crippen molar-refractivity contribution in [2.45, 2.75) is 0 Å². The van der Waals surface area contributed by atoms with E-state index in [4.69, 9.17) is 15.2 Å². The van der Waals surface area contributed by atoms with Crippen molar-refractivity contribution in [1.29, 1.82) is 0 Å². The third-order valence-corrected chi connectivity index (χ3v) is 3.83. The van der Waals surface area contributed by atoms with E-state index in [1.807, 2.05) is 0 Å². The fraction of sp³-hybridized carbons (Fsp3) is 0.100. The summed E-state index contributed by atoms with van der Waals surface area (Å²) in [5.74, 6) is 1.37. The lowest BCUT2D eigenvalue weighted by Crippen LogP contribution is -2.40. The number of benzene rings is 2. The summed E-state index contributed by atoms with van der Waals surface area (Å²) >= 11 is 0. The van der Waals surface area contributed by atoms with Crippen molar-refractivity contribution in [3.8, 4) is 11.5 Å². The fourth-order valence-electron chi connectivity index (χ4n) is 2.48. The molecule has 2 heterocycles. The summed E-state index contributed by atoms with van der Waals surface area (Å²) in [5.41, 5.74) is 7.19. The van der Waals surface area contributed by atoms with E-state index in [1.165, 1.54) is 12.1 Å². The second kappa shape index (κ2) is 9.78. The summed E-state index contributed by atoms with van der Waals surface area (Å²) in [4.78, 5) is 4.40. The molecule has 0 bridgehead atoms. The van der Waals surface area contributed by atoms with Gasteiger partial charge in [0.2, 0.25) is 16.6 Å². The van der Waals surface area contributed by atoms with E-state index in [9.17, 15) is 10.4 Å². The molecule has 0 saturated heterocycles. The van der Waals surface area contributed by atoms with Crippen LogP contribution >= 0.6 is 0 Å². The van der Waals surface area contributed by atoms with Crippen LogP contribution < -0.4 is 24.8 Å². The molecule has 4 aromatic rings. The standard InChI is InChI=1S/C10H10N4O.C10H9N3O3/c1-2-5-15-7-3-4-8-9(6-7)13-14-10(11)12-8;1-2-5-16-8-3-4-9-10(6-8)13(15)11-7-12(9)14/h2-4,6H,1,5H2,(H2,11,12,14);2-4,6-7H,1,5H2. The van der Waals surface area contributed by atoms with Crippen molar-refractivity contribution < 1.29 is 19.0 Å². The number of rotatable bonds is 6. The van der Waals surface area contributed by atoms with Crippen LogP contribution in [0.25, 0.3) is 22.1 Å². The van der Waals surface area contributed by atoms with E-state index in [0.717, 1.165) is 6.33 Å². The summed E-state index contributed by atoms with van der Waals surface area (Å²) in [6.45, 7) is 7.87. The Balaban J connectivity index is 0.000000176. The molecule has 2 aromatic heterocycles. The molecule has 0 amide bonds. The average molecular weight is 421 g/mol. The van der Waals surface area contributed by atoms with Crippen LogP contribution in [-0.4, -0.2) is 33.5 Å². The highest BCUT2D eigenvalue weighted by Gasteiger charge is 2.14. The van der Waals surface area contributed by atoms with E-state index >= 15 is 0 Å². The van der Waals surface area contributed by atoms with E-state index in [1.54, 1.807) is 36.4 Å². The maximum absolute atomic E-state index is 11.3. The molecule has 2 N–H and O–H groups in total. The Morgan fingerprint density at radius 3 is 2.29 bits per heavy atom. The summed E-state index contributed by atoms with van der Waals surface area (Å²) in [6.07, 6.45) is 4.18. The molecule has 11 nitrogen and oxygen atoms in total. The lowest BCUT2D eigenvalue weighted by molar-refractivity contribution is -0.680. The van der Waals surface area contributed by atoms with Gasteiger partial charge in [0.05, 0.1) is 16.4 Å². The molecule has 0 radical (unpaired) electrons. The lowest BCUT2D eigenvalue weighted by atomic mass is 10.3. The number of nitrogens with two attached hydrogens (primary N) is 1. The molecule has 0 aliphatic rings. The predicted molar refractivity (Wildman–Crippen MR) is 113 cm³/mol. The smallest absolute Gasteiger partial charge is 0.365 e. The van der Waals surface area contributed by atoms with Crippen molar-refractivity contribution in [2.75, 3.05) is 18.9 Å². The van der Waals surface area contributed by atoms with Gasteiger partial charge in [-0.2, -0.15) is 0 Å². The molecule has 0 unspecified atom stereocenters. The second-order valence-corrected chi connectivity index (χ2v) is 6.00. The molecule has 158 valence electrons. The van der Waals surface area contributed by atoms with Gasteiger partial charge < -0.3 is 25.6 Å². The van der Waals surface area contributed by atoms with Gasteiger partial charge in [0.25, 0.3) is 0 Å². The highest BCUT2D eigenvalue weighted by molar-refractivity contribution is 5.76. The number of fused-ring (bicyclic) bond motifs is 2. The molecule has 0 saturated carbocycles. The maximum atomic E-state index is 11.3. The summed E-state index contributed by atoms with van der Waals surface area (Å²) in [7, 11) is 0. The monoisotopic (exact) mass is 421 g/mol. The van der Waals surface area contributed by atoms with Crippen LogP contribution in [-0.2, 0) is 0 Å². The van der Waals surface area contributed by atoms with Crippen LogP contribution in [0, 0.1) is 10.4 Å². The highest BCUT2D eigenvalue weighted by Crippen LogP contribution is 2.17. The summed E-state index contributed by atoms with van der Waals surface area (Å²) < 4.78 is 11.1. The number of nitrogen functional groups attached to an aromatic ring is 1. The van der Waals surface area contributed by atoms with E-state index < -0.39 is 0 Å². The van der Waals surface area contributed by atoms with Crippen LogP contribution in [0.3, 0.4) is 0 Å². The van der Waals surface area contributed by atoms with Crippen LogP contribution in [0.5, 0.6) is 11.5 Å². The molecule has 11 heteroatoms. The second-order valence-electron chi connectivity index (χ2n) is 6.00. The van der Waals surface area contributed by atoms with E-state index in [2.05, 4.69) is 33.4 Å². The Kier molecular flexibility index (Phi) is 6.68. The SMILES string of the molecule is C=CCOc1ccc2c(c1)[n+]([O-])nc[n+]2[O-].C=CCOc1ccc2nc(N)nnc2c1. The summed E-state index contributed by atoms with van der Waals surface area (Å²) in [6, 6.07) is 9.95. The normalized spacial score (nSPS) is 10.2. The molecule has 0 aliphatic carbocycles. The van der Waals surface area contributed by atoms with Crippen molar-refractivity contribution in [3.63, 3.8) is 0 Å². The quantitative estimate of drug-likeness (QED) is 0.275. The Bertz CT molecular complexity index is 1230. The van der Waals surface area contributed by atoms with Gasteiger partial charge in [0.15, 0.2) is 0 Å². The van der Waals surface area contributed by atoms with Crippen molar-refractivity contribution in [1.82, 2.24) is 20.3 Å². The third-order valence-electron chi connectivity index (χ3n) is 3.83. The van der Waals surface area contributed by atoms with Crippen molar-refractivity contribution >= 4 is 28.0 Å². The number of nitrogens with zero attached hydrogens (tertiary/aromatic N) is 6. The minimum absolute atomic E-state index is 0.166. The van der Waals surface area contributed by atoms with Gasteiger partial charge in [-0.3, -0.25) is 0 Å². The molecule has 0 atom stereocenters. The minimum Gasteiger partial charge on any atom is -0.710 e. The van der Waals surface area contributed by atoms with Gasteiger partial charge in [-0.1, -0.05) is 25.3 Å². The van der Waals surface area contributed by atoms with Gasteiger partial charge in [-0.25, -0.2) is 9.71 Å². The Labute approximate surface area is 176 Å². The average Bonchev–Trinajstić information content (AvgIpc) is 2.79. The van der Waals surface area contributed by atoms with Gasteiger partial charge in [0.1, 0.15) is 30.2 Å². The first kappa shape index (κ1) is 21.2. The molecule has 0 aliphatic heterocycles. The lowest BCUT2D eigenvalue weighted by Gasteiger charge is -2.05. The fourth-order valence-corrected chi connectivity index (χ4v) is 2.48. The Hall–Kier alpha value is -4.54. The van der Waals surface area contributed by atoms with Gasteiger partial charge >= 0.3 is 11.8 Å². The molecule has 31 heavy (non-hydrogen) atoms. The number of anilines is 1. The molecular formula is C20H19N7O4. The number of ether oxygens (including phenoxy) is 2. The molecular weight excluding hydrogens is 402 g/mol. The maximum Gasteiger partial charge on any atom is 0.365 e. The molecule has 0 fully saturated rings. The highest BCUT2D eigenvalue weighted by atomic mass is 16.5. The third kappa shape index (κ3) is 5.29. The number of hydrogen-bond acceptors (Lipinski definition) is 9. The van der Waals surface area contributed by atoms with Gasteiger partial charge in [-0.05, 0) is 24.3 Å². The Morgan fingerprint density at radius 2 is 1.58 bits per heavy atom. The largest absolute Gasteiger partial charge is 0.710 e. The predicted octanol–water partition coefficient (Wildman–Crippen LogP) is 1.24. The first-order valence-corrected chi connectivity index (χ1v) is 9.01. The van der Waals surface area contributed by atoms with Crippen LogP contribution in [0.1, 0.15) is 0 Å². The number of aromatic nitrogens is 6. The van der Waals surface area contributed by atoms with Gasteiger partial charge in [-0.15, -0.1) is 10.2 Å². The van der Waals surface area contributed by atoms with Crippen molar-refractivity contribution in [2.24, 2.45) is 0 Å². The van der Waals surface area contributed by atoms with E-state index in [-0.39, 0.29) is 17.0 Å². The van der Waals surface area contributed by atoms with Gasteiger partial charge in [0, 0.05) is 6.07 Å². The van der Waals surface area contributed by atoms with Crippen molar-refractivity contribution in [3.05, 3.63) is 78.4 Å². The minimum atomic E-state index is 0.166. The van der Waals surface area contributed by atoms with E-state index in [0.29, 0.717) is 45.3 Å². The topological polar surface area (TPSA) is 150 Å². The van der Waals surface area contributed by atoms with Crippen LogP contribution in [0.4, 0.5) is 5.95 Å². The van der Waals surface area contributed by atoms with Crippen LogP contribution in [0.15, 0.2) is 68.0 Å². The molecule has 0 spiro atoms. The zero-order valence-corrected chi connectivity index (χ0v) is 16.4. The first-order valence-electron chi connectivity index (χ1n) is 9.01. The summed E-state index contributed by atoms with van der Waals surface area (Å²) in [5, 5.41) is 33.6. The van der Waals surface area contributed by atoms with Crippen LogP contribution in [0.2, 0.25) is 0 Å². The Morgan fingerprint density at radius 1 is 0.903 bits per heavy atom. The molecule has 2 aromatic carbocycles. The first-order chi connectivity index (χ1) is 15.0. The zero-order chi connectivity index (χ0) is 22.2. The number of hydrogen-bond donors (Lipinski definition) is 1. The molecule has 4 rings (SSSR count).